The second-order valence-corrected chi connectivity index (χ2v) is 9.26. The van der Waals surface area contributed by atoms with E-state index in [0.29, 0.717) is 5.69 Å². The Morgan fingerprint density at radius 1 is 1.12 bits per heavy atom. The number of aliphatic carboxylic acids is 1. The van der Waals surface area contributed by atoms with E-state index in [-0.39, 0.29) is 54.7 Å². The molecule has 0 unspecified atom stereocenters. The lowest BCUT2D eigenvalue weighted by Crippen LogP contribution is -2.54. The standard InChI is InChI=1S/C25H24Cl2N4O8.2CH4/c1-13(33)30-10-18(29-24(37)14-7-16(26)23(39-2)17(27)8-14)25(38)31(20-6-4-3-5-19(20)30)11-21(34)28-15(12-32)9-22(35)36;;/h3-8,12,15,18H,9-11H2,1-2H3,(H,28,34)(H,29,37)(H,35,36);2*1H4/t15-,18-;;/m0../s1. The van der Waals surface area contributed by atoms with Crippen LogP contribution in [0, 0.1) is 0 Å². The summed E-state index contributed by atoms with van der Waals surface area (Å²) in [5.74, 6) is -3.87. The number of nitrogens with zero attached hydrogens (tertiary/aromatic N) is 2. The highest BCUT2D eigenvalue weighted by atomic mass is 35.5. The first-order chi connectivity index (χ1) is 18.5. The van der Waals surface area contributed by atoms with Crippen LogP contribution in [0.25, 0.3) is 0 Å². The number of fused-ring (bicyclic) bond motifs is 1. The molecule has 3 N–H and O–H groups in total. The summed E-state index contributed by atoms with van der Waals surface area (Å²) in [5, 5.41) is 13.9. The van der Waals surface area contributed by atoms with E-state index in [2.05, 4.69) is 10.6 Å². The summed E-state index contributed by atoms with van der Waals surface area (Å²) in [6.07, 6.45) is -0.376. The molecule has 1 aliphatic rings. The van der Waals surface area contributed by atoms with E-state index in [0.717, 1.165) is 4.90 Å². The third kappa shape index (κ3) is 8.18. The maximum Gasteiger partial charge on any atom is 0.305 e. The lowest BCUT2D eigenvalue weighted by atomic mass is 10.1. The number of benzene rings is 2. The molecule has 3 rings (SSSR count). The summed E-state index contributed by atoms with van der Waals surface area (Å²) >= 11 is 12.3. The van der Waals surface area contributed by atoms with Crippen LogP contribution in [-0.4, -0.2) is 73.3 Å². The van der Waals surface area contributed by atoms with Gasteiger partial charge in [0.05, 0.1) is 47.5 Å². The van der Waals surface area contributed by atoms with Crippen molar-refractivity contribution in [2.75, 3.05) is 30.0 Å². The Morgan fingerprint density at radius 3 is 2.22 bits per heavy atom. The van der Waals surface area contributed by atoms with Crippen molar-refractivity contribution in [1.29, 1.82) is 0 Å². The molecule has 0 radical (unpaired) electrons. The summed E-state index contributed by atoms with van der Waals surface area (Å²) in [6.45, 7) is 0.396. The van der Waals surface area contributed by atoms with Gasteiger partial charge in [0.25, 0.3) is 11.8 Å². The molecule has 222 valence electrons. The summed E-state index contributed by atoms with van der Waals surface area (Å²) in [4.78, 5) is 76.7. The molecule has 14 heteroatoms. The van der Waals surface area contributed by atoms with Crippen molar-refractivity contribution in [3.05, 3.63) is 52.0 Å². The first-order valence-corrected chi connectivity index (χ1v) is 12.2. The third-order valence-electron chi connectivity index (χ3n) is 5.75. The van der Waals surface area contributed by atoms with Gasteiger partial charge >= 0.3 is 5.97 Å². The Labute approximate surface area is 247 Å². The molecule has 0 spiro atoms. The van der Waals surface area contributed by atoms with Crippen molar-refractivity contribution in [3.8, 4) is 5.75 Å². The van der Waals surface area contributed by atoms with Gasteiger partial charge in [0.1, 0.15) is 18.9 Å². The number of ether oxygens (including phenoxy) is 1. The van der Waals surface area contributed by atoms with E-state index in [1.165, 1.54) is 37.1 Å². The number of nitrogens with one attached hydrogen (secondary N) is 2. The van der Waals surface area contributed by atoms with Crippen LogP contribution in [0.1, 0.15) is 38.6 Å². The number of hydrogen-bond donors (Lipinski definition) is 3. The molecule has 0 saturated carbocycles. The van der Waals surface area contributed by atoms with Gasteiger partial charge in [-0.2, -0.15) is 0 Å². The van der Waals surface area contributed by atoms with Gasteiger partial charge in [-0.05, 0) is 24.3 Å². The van der Waals surface area contributed by atoms with Gasteiger partial charge in [0, 0.05) is 12.5 Å². The van der Waals surface area contributed by atoms with Gasteiger partial charge in [0.15, 0.2) is 5.75 Å². The fraction of sp³-hybridized carbons (Fsp3) is 0.333. The number of aldehydes is 1. The largest absolute Gasteiger partial charge is 0.494 e. The van der Waals surface area contributed by atoms with E-state index in [9.17, 15) is 28.8 Å². The van der Waals surface area contributed by atoms with Gasteiger partial charge in [-0.3, -0.25) is 28.9 Å². The van der Waals surface area contributed by atoms with Crippen molar-refractivity contribution in [2.24, 2.45) is 0 Å². The number of anilines is 2. The van der Waals surface area contributed by atoms with E-state index < -0.39 is 54.6 Å². The highest BCUT2D eigenvalue weighted by Gasteiger charge is 2.37. The molecule has 4 amide bonds. The van der Waals surface area contributed by atoms with Crippen molar-refractivity contribution in [3.63, 3.8) is 0 Å². The summed E-state index contributed by atoms with van der Waals surface area (Å²) in [5.41, 5.74) is 0.512. The average Bonchev–Trinajstić information content (AvgIpc) is 2.98. The highest BCUT2D eigenvalue weighted by Crippen LogP contribution is 2.35. The second kappa shape index (κ2) is 15.0. The number of rotatable bonds is 9. The Hall–Kier alpha value is -4.16. The lowest BCUT2D eigenvalue weighted by molar-refractivity contribution is -0.139. The maximum absolute atomic E-state index is 13.7. The maximum atomic E-state index is 13.7. The monoisotopic (exact) mass is 610 g/mol. The van der Waals surface area contributed by atoms with Crippen molar-refractivity contribution >= 4 is 70.5 Å². The molecular formula is C27H32Cl2N4O8. The van der Waals surface area contributed by atoms with Crippen LogP contribution in [0.3, 0.4) is 0 Å². The molecule has 2 aromatic carbocycles. The topological polar surface area (TPSA) is 162 Å². The zero-order valence-corrected chi connectivity index (χ0v) is 22.3. The second-order valence-electron chi connectivity index (χ2n) is 8.45. The van der Waals surface area contributed by atoms with Crippen LogP contribution >= 0.6 is 23.2 Å². The molecule has 0 bridgehead atoms. The molecular weight excluding hydrogens is 579 g/mol. The lowest BCUT2D eigenvalue weighted by Gasteiger charge is -2.25. The molecule has 2 atom stereocenters. The van der Waals surface area contributed by atoms with Crippen LogP contribution in [0.5, 0.6) is 5.75 Å². The number of methoxy groups -OCH3 is 1. The summed E-state index contributed by atoms with van der Waals surface area (Å²) in [6, 6.07) is 6.27. The number of halogens is 2. The van der Waals surface area contributed by atoms with E-state index >= 15 is 0 Å². The molecule has 0 aliphatic carbocycles. The first kappa shape index (κ1) is 34.9. The Morgan fingerprint density at radius 2 is 1.71 bits per heavy atom. The van der Waals surface area contributed by atoms with Gasteiger partial charge in [-0.1, -0.05) is 50.2 Å². The van der Waals surface area contributed by atoms with Gasteiger partial charge in [0.2, 0.25) is 11.8 Å². The number of amides is 4. The predicted molar refractivity (Wildman–Crippen MR) is 155 cm³/mol. The molecule has 0 fully saturated rings. The smallest absolute Gasteiger partial charge is 0.305 e. The number of carboxylic acid groups (broad SMARTS) is 1. The van der Waals surface area contributed by atoms with E-state index in [4.69, 9.17) is 33.0 Å². The van der Waals surface area contributed by atoms with Crippen molar-refractivity contribution in [1.82, 2.24) is 10.6 Å². The van der Waals surface area contributed by atoms with Crippen LogP contribution in [-0.2, 0) is 24.0 Å². The number of carboxylic acids is 1. The Kier molecular flexibility index (Phi) is 12.8. The van der Waals surface area contributed by atoms with Gasteiger partial charge < -0.3 is 30.2 Å². The molecule has 0 saturated heterocycles. The quantitative estimate of drug-likeness (QED) is 0.365. The fourth-order valence-electron chi connectivity index (χ4n) is 4.00. The van der Waals surface area contributed by atoms with Gasteiger partial charge in [-0.15, -0.1) is 0 Å². The molecule has 1 heterocycles. The normalized spacial score (nSPS) is 14.7. The molecule has 12 nitrogen and oxygen atoms in total. The number of carbonyl (C=O) groups excluding carboxylic acids is 5. The molecule has 1 aliphatic heterocycles. The fourth-order valence-corrected chi connectivity index (χ4v) is 4.64. The minimum Gasteiger partial charge on any atom is -0.494 e. The molecule has 2 aromatic rings. The minimum atomic E-state index is -1.32. The number of carbonyl (C=O) groups is 6. The molecule has 41 heavy (non-hydrogen) atoms. The van der Waals surface area contributed by atoms with E-state index in [1.807, 2.05) is 0 Å². The average molecular weight is 611 g/mol. The molecule has 0 aromatic heterocycles. The van der Waals surface area contributed by atoms with Gasteiger partial charge in [-0.25, -0.2) is 0 Å². The minimum absolute atomic E-state index is 0. The van der Waals surface area contributed by atoms with Crippen molar-refractivity contribution < 1.29 is 38.6 Å². The number of hydrogen-bond acceptors (Lipinski definition) is 7. The number of para-hydroxylation sites is 2. The Balaban J connectivity index is 0.00000420. The zero-order valence-electron chi connectivity index (χ0n) is 20.8. The first-order valence-electron chi connectivity index (χ1n) is 11.5. The summed E-state index contributed by atoms with van der Waals surface area (Å²) in [7, 11) is 1.36. The van der Waals surface area contributed by atoms with Crippen LogP contribution in [0.15, 0.2) is 36.4 Å². The SMILES string of the molecule is C.C.COc1c(Cl)cc(C(=O)N[C@H]2CN(C(C)=O)c3ccccc3N(CC(=O)N[C@H](C=O)CC(=O)O)C2=O)cc1Cl. The highest BCUT2D eigenvalue weighted by molar-refractivity contribution is 6.37. The Bertz CT molecular complexity index is 1310. The van der Waals surface area contributed by atoms with Crippen LogP contribution in [0.4, 0.5) is 11.4 Å². The van der Waals surface area contributed by atoms with E-state index in [1.54, 1.807) is 18.2 Å². The van der Waals surface area contributed by atoms with Crippen LogP contribution < -0.4 is 25.2 Å². The third-order valence-corrected chi connectivity index (χ3v) is 6.31. The van der Waals surface area contributed by atoms with Crippen LogP contribution in [0.2, 0.25) is 10.0 Å². The van der Waals surface area contributed by atoms with Crippen molar-refractivity contribution in [2.45, 2.75) is 40.3 Å². The predicted octanol–water partition coefficient (Wildman–Crippen LogP) is 2.93. The zero-order chi connectivity index (χ0) is 28.9. The summed E-state index contributed by atoms with van der Waals surface area (Å²) < 4.78 is 5.09.